The predicted molar refractivity (Wildman–Crippen MR) is 122 cm³/mol. The molecule has 3 rings (SSSR count). The molecule has 1 aromatic carbocycles. The van der Waals surface area contributed by atoms with Crippen molar-refractivity contribution in [2.45, 2.75) is 39.7 Å². The Morgan fingerprint density at radius 1 is 1.25 bits per heavy atom. The third-order valence-corrected chi connectivity index (χ3v) is 7.94. The first kappa shape index (κ1) is 24.1. The van der Waals surface area contributed by atoms with Crippen molar-refractivity contribution in [1.82, 2.24) is 9.78 Å². The number of hydrogen-bond acceptors (Lipinski definition) is 7. The number of rotatable bonds is 7. The molecule has 0 radical (unpaired) electrons. The zero-order valence-corrected chi connectivity index (χ0v) is 19.8. The highest BCUT2D eigenvalue weighted by atomic mass is 35.5. The molecule has 1 aromatic heterocycles. The van der Waals surface area contributed by atoms with Crippen molar-refractivity contribution in [3.05, 3.63) is 44.3 Å². The summed E-state index contributed by atoms with van der Waals surface area (Å²) in [5.74, 6) is -0.0191. The van der Waals surface area contributed by atoms with E-state index in [4.69, 9.17) is 21.1 Å². The summed E-state index contributed by atoms with van der Waals surface area (Å²) < 4.78 is 28.8. The van der Waals surface area contributed by atoms with E-state index in [1.165, 1.54) is 19.2 Å². The van der Waals surface area contributed by atoms with Crippen molar-refractivity contribution in [1.29, 1.82) is 0 Å². The van der Waals surface area contributed by atoms with Crippen LogP contribution in [0.4, 0.5) is 5.69 Å². The number of halogens is 1. The number of ether oxygens (including phenoxy) is 2. The smallest absolute Gasteiger partial charge is 0.327 e. The van der Waals surface area contributed by atoms with Gasteiger partial charge in [0, 0.05) is 22.8 Å². The van der Waals surface area contributed by atoms with Gasteiger partial charge in [0.05, 0.1) is 28.5 Å². The van der Waals surface area contributed by atoms with Crippen LogP contribution in [0.15, 0.2) is 21.3 Å². The largest absolute Gasteiger partial charge is 0.494 e. The van der Waals surface area contributed by atoms with Crippen molar-refractivity contribution in [3.63, 3.8) is 0 Å². The summed E-state index contributed by atoms with van der Waals surface area (Å²) in [6.45, 7) is 3.04. The number of ketones is 1. The molecule has 0 aliphatic carbocycles. The summed E-state index contributed by atoms with van der Waals surface area (Å²) >= 11 is 6.54. The molecule has 1 aliphatic heterocycles. The van der Waals surface area contributed by atoms with Crippen LogP contribution in [0.3, 0.4) is 0 Å². The van der Waals surface area contributed by atoms with Crippen LogP contribution in [-0.4, -0.2) is 51.0 Å². The van der Waals surface area contributed by atoms with Gasteiger partial charge in [-0.3, -0.25) is 19.5 Å². The minimum Gasteiger partial charge on any atom is -0.494 e. The van der Waals surface area contributed by atoms with Gasteiger partial charge < -0.3 is 9.47 Å². The highest BCUT2D eigenvalue weighted by molar-refractivity contribution is 7.93. The maximum absolute atomic E-state index is 13.3. The number of carbonyl (C=O) groups is 2. The lowest BCUT2D eigenvalue weighted by molar-refractivity contribution is -0.144. The molecule has 9 nitrogen and oxygen atoms in total. The number of benzene rings is 1. The van der Waals surface area contributed by atoms with E-state index < -0.39 is 27.0 Å². The Bertz CT molecular complexity index is 1210. The molecule has 0 spiro atoms. The van der Waals surface area contributed by atoms with Gasteiger partial charge in [-0.05, 0) is 38.8 Å². The molecule has 1 N–H and O–H groups in total. The second kappa shape index (κ2) is 9.91. The van der Waals surface area contributed by atoms with Gasteiger partial charge in [-0.2, -0.15) is 4.36 Å². The summed E-state index contributed by atoms with van der Waals surface area (Å²) in [5, 5.41) is 2.70. The first-order chi connectivity index (χ1) is 15.2. The average Bonchev–Trinajstić information content (AvgIpc) is 3.02. The number of esters is 1. The first-order valence-corrected chi connectivity index (χ1v) is 12.5. The van der Waals surface area contributed by atoms with Gasteiger partial charge in [0.15, 0.2) is 0 Å². The molecule has 0 unspecified atom stereocenters. The standard InChI is InChI=1S/C21H26ClN3O6S/c1-4-31-16(26)12-25-21(28)17(13(2)23-25)20(27)14-8-9-15(30-3)19(18(14)22)24-32(29)10-6-5-7-11-32/h8-9,23H,4-7,10-12H2,1-3H3. The lowest BCUT2D eigenvalue weighted by Gasteiger charge is -2.17. The Hall–Kier alpha value is -2.59. The Balaban J connectivity index is 2.06. The number of aromatic amines is 1. The van der Waals surface area contributed by atoms with Crippen LogP contribution >= 0.6 is 11.6 Å². The molecule has 32 heavy (non-hydrogen) atoms. The second-order valence-electron chi connectivity index (χ2n) is 7.45. The number of methoxy groups -OCH3 is 1. The highest BCUT2D eigenvalue weighted by Gasteiger charge is 2.26. The summed E-state index contributed by atoms with van der Waals surface area (Å²) in [6, 6.07) is 2.96. The quantitative estimate of drug-likeness (QED) is 0.477. The Morgan fingerprint density at radius 3 is 2.56 bits per heavy atom. The number of carbonyl (C=O) groups excluding carboxylic acids is 2. The number of aromatic nitrogens is 2. The average molecular weight is 484 g/mol. The molecule has 0 saturated carbocycles. The van der Waals surface area contributed by atoms with Gasteiger partial charge in [0.25, 0.3) is 5.56 Å². The number of H-pyrrole nitrogens is 1. The summed E-state index contributed by atoms with van der Waals surface area (Å²) in [5.41, 5.74) is -0.342. The van der Waals surface area contributed by atoms with E-state index in [0.29, 0.717) is 17.3 Å². The van der Waals surface area contributed by atoms with Crippen LogP contribution in [0.1, 0.15) is 47.8 Å². The lowest BCUT2D eigenvalue weighted by atomic mass is 10.0. The molecule has 0 atom stereocenters. The van der Waals surface area contributed by atoms with E-state index in [1.807, 2.05) is 0 Å². The van der Waals surface area contributed by atoms with Crippen molar-refractivity contribution in [3.8, 4) is 5.75 Å². The van der Waals surface area contributed by atoms with Crippen LogP contribution in [0, 0.1) is 6.92 Å². The van der Waals surface area contributed by atoms with E-state index in [9.17, 15) is 18.6 Å². The lowest BCUT2D eigenvalue weighted by Crippen LogP contribution is -2.26. The Morgan fingerprint density at radius 2 is 1.94 bits per heavy atom. The predicted octanol–water partition coefficient (Wildman–Crippen LogP) is 3.22. The normalized spacial score (nSPS) is 15.2. The van der Waals surface area contributed by atoms with Crippen LogP contribution in [0.25, 0.3) is 0 Å². The number of aryl methyl sites for hydroxylation is 1. The topological polar surface area (TPSA) is 120 Å². The molecule has 1 saturated heterocycles. The summed E-state index contributed by atoms with van der Waals surface area (Å²) in [4.78, 5) is 37.8. The van der Waals surface area contributed by atoms with Gasteiger partial charge >= 0.3 is 5.97 Å². The second-order valence-corrected chi connectivity index (χ2v) is 10.4. The van der Waals surface area contributed by atoms with E-state index in [0.717, 1.165) is 23.9 Å². The zero-order valence-electron chi connectivity index (χ0n) is 18.2. The van der Waals surface area contributed by atoms with E-state index >= 15 is 0 Å². The van der Waals surface area contributed by atoms with Gasteiger partial charge in [-0.25, -0.2) is 8.89 Å². The molecule has 2 aromatic rings. The van der Waals surface area contributed by atoms with Crippen LogP contribution in [0.2, 0.25) is 5.02 Å². The van der Waals surface area contributed by atoms with Crippen LogP contribution in [0.5, 0.6) is 5.75 Å². The zero-order chi connectivity index (χ0) is 23.5. The molecule has 2 heterocycles. The van der Waals surface area contributed by atoms with Crippen molar-refractivity contribution in [2.75, 3.05) is 25.2 Å². The maximum Gasteiger partial charge on any atom is 0.327 e. The van der Waals surface area contributed by atoms with Crippen molar-refractivity contribution >= 4 is 38.8 Å². The fourth-order valence-corrected chi connectivity index (χ4v) is 6.16. The highest BCUT2D eigenvalue weighted by Crippen LogP contribution is 2.40. The summed E-state index contributed by atoms with van der Waals surface area (Å²) in [6.07, 6.45) is 2.62. The Kier molecular flexibility index (Phi) is 7.45. The number of nitrogens with one attached hydrogen (secondary N) is 1. The molecule has 0 amide bonds. The van der Waals surface area contributed by atoms with Crippen molar-refractivity contribution in [2.24, 2.45) is 4.36 Å². The molecule has 1 aliphatic rings. The van der Waals surface area contributed by atoms with Gasteiger partial charge in [-0.1, -0.05) is 18.0 Å². The van der Waals surface area contributed by atoms with Crippen molar-refractivity contribution < 1.29 is 23.3 Å². The van der Waals surface area contributed by atoms with E-state index in [2.05, 4.69) is 9.46 Å². The molecule has 1 fully saturated rings. The summed E-state index contributed by atoms with van der Waals surface area (Å²) in [7, 11) is -1.08. The first-order valence-electron chi connectivity index (χ1n) is 10.3. The molecular weight excluding hydrogens is 458 g/mol. The van der Waals surface area contributed by atoms with E-state index in [-0.39, 0.29) is 40.7 Å². The van der Waals surface area contributed by atoms with Crippen LogP contribution < -0.4 is 10.3 Å². The molecular formula is C21H26ClN3O6S. The van der Waals surface area contributed by atoms with Gasteiger partial charge in [0.1, 0.15) is 23.5 Å². The SMILES string of the molecule is CCOC(=O)Cn1[nH]c(C)c(C(=O)c2ccc(OC)c(N=S3(=O)CCCCC3)c2Cl)c1=O. The number of hydrogen-bond donors (Lipinski definition) is 1. The van der Waals surface area contributed by atoms with E-state index in [1.54, 1.807) is 13.8 Å². The van der Waals surface area contributed by atoms with Gasteiger partial charge in [0.2, 0.25) is 5.78 Å². The molecule has 174 valence electrons. The minimum absolute atomic E-state index is 0.0282. The molecule has 0 bridgehead atoms. The van der Waals surface area contributed by atoms with Gasteiger partial charge in [-0.15, -0.1) is 0 Å². The monoisotopic (exact) mass is 483 g/mol. The molecule has 11 heteroatoms. The minimum atomic E-state index is -2.51. The fourth-order valence-electron chi connectivity index (χ4n) is 3.62. The maximum atomic E-state index is 13.3. The Labute approximate surface area is 191 Å². The third kappa shape index (κ3) is 4.91. The number of nitrogens with zero attached hydrogens (tertiary/aromatic N) is 2. The third-order valence-electron chi connectivity index (χ3n) is 5.18. The fraction of sp³-hybridized carbons (Fsp3) is 0.476. The van der Waals surface area contributed by atoms with Crippen LogP contribution in [-0.2, 0) is 25.8 Å².